The topological polar surface area (TPSA) is 70.2 Å². The van der Waals surface area contributed by atoms with Crippen LogP contribution in [0.3, 0.4) is 0 Å². The molecule has 2 aliphatic heterocycles. The van der Waals surface area contributed by atoms with Gasteiger partial charge in [-0.15, -0.1) is 24.2 Å². The third kappa shape index (κ3) is 5.33. The standard InChI is InChI=1S/C17H22FN3O2S.ClH/c18-13-6-2-1-4-11(13)8-15-17(23)21-14(10-24-15)16(22)20-12-5-3-7-19-9-12;/h1-2,4,6,12,14-15,19H,3,5,7-10H2,(H,20,22)(H,21,23);1H/t12-,14?,15?;/m0./s1. The third-order valence-electron chi connectivity index (χ3n) is 4.40. The van der Waals surface area contributed by atoms with Crippen LogP contribution >= 0.6 is 24.2 Å². The van der Waals surface area contributed by atoms with Crippen LogP contribution in [0.15, 0.2) is 24.3 Å². The number of thioether (sulfide) groups is 1. The number of nitrogens with one attached hydrogen (secondary N) is 3. The van der Waals surface area contributed by atoms with Gasteiger partial charge < -0.3 is 16.0 Å². The van der Waals surface area contributed by atoms with E-state index in [-0.39, 0.29) is 41.3 Å². The van der Waals surface area contributed by atoms with E-state index < -0.39 is 6.04 Å². The Balaban J connectivity index is 0.00000225. The SMILES string of the molecule is Cl.O=C(N[C@H]1CCCNC1)C1CSC(Cc2ccccc2F)C(=O)N1. The smallest absolute Gasteiger partial charge is 0.243 e. The van der Waals surface area contributed by atoms with Crippen molar-refractivity contribution in [2.75, 3.05) is 18.8 Å². The number of amides is 2. The summed E-state index contributed by atoms with van der Waals surface area (Å²) in [6.07, 6.45) is 2.34. The Kier molecular flexibility index (Phi) is 7.53. The van der Waals surface area contributed by atoms with Crippen molar-refractivity contribution in [1.82, 2.24) is 16.0 Å². The van der Waals surface area contributed by atoms with Crippen LogP contribution in [-0.4, -0.2) is 48.0 Å². The Morgan fingerprint density at radius 2 is 2.16 bits per heavy atom. The molecule has 5 nitrogen and oxygen atoms in total. The van der Waals surface area contributed by atoms with E-state index in [0.717, 1.165) is 25.9 Å². The van der Waals surface area contributed by atoms with Crippen LogP contribution in [0.25, 0.3) is 0 Å². The molecule has 3 rings (SSSR count). The molecule has 0 bridgehead atoms. The summed E-state index contributed by atoms with van der Waals surface area (Å²) in [4.78, 5) is 24.6. The summed E-state index contributed by atoms with van der Waals surface area (Å²) in [6.45, 7) is 1.76. The number of carbonyl (C=O) groups is 2. The summed E-state index contributed by atoms with van der Waals surface area (Å²) in [5.74, 6) is -0.113. The molecule has 0 saturated carbocycles. The van der Waals surface area contributed by atoms with Gasteiger partial charge in [0.25, 0.3) is 0 Å². The lowest BCUT2D eigenvalue weighted by Crippen LogP contribution is -2.57. The van der Waals surface area contributed by atoms with Crippen molar-refractivity contribution in [3.63, 3.8) is 0 Å². The molecule has 3 atom stereocenters. The van der Waals surface area contributed by atoms with Crippen LogP contribution in [0.1, 0.15) is 18.4 Å². The molecule has 1 aromatic rings. The lowest BCUT2D eigenvalue weighted by atomic mass is 10.1. The first-order chi connectivity index (χ1) is 11.6. The number of benzene rings is 1. The van der Waals surface area contributed by atoms with Gasteiger partial charge in [0.15, 0.2) is 0 Å². The van der Waals surface area contributed by atoms with E-state index in [2.05, 4.69) is 16.0 Å². The molecule has 8 heteroatoms. The zero-order valence-electron chi connectivity index (χ0n) is 13.8. The van der Waals surface area contributed by atoms with E-state index in [4.69, 9.17) is 0 Å². The van der Waals surface area contributed by atoms with Gasteiger partial charge in [0.2, 0.25) is 11.8 Å². The number of halogens is 2. The maximum absolute atomic E-state index is 13.7. The van der Waals surface area contributed by atoms with Crippen molar-refractivity contribution < 1.29 is 14.0 Å². The molecule has 0 aliphatic carbocycles. The highest BCUT2D eigenvalue weighted by molar-refractivity contribution is 8.00. The molecular weight excluding hydrogens is 365 g/mol. The summed E-state index contributed by atoms with van der Waals surface area (Å²) in [5.41, 5.74) is 0.529. The molecule has 25 heavy (non-hydrogen) atoms. The van der Waals surface area contributed by atoms with Crippen molar-refractivity contribution in [2.45, 2.75) is 36.6 Å². The van der Waals surface area contributed by atoms with Crippen molar-refractivity contribution in [3.8, 4) is 0 Å². The number of hydrogen-bond donors (Lipinski definition) is 3. The van der Waals surface area contributed by atoms with Gasteiger partial charge in [0, 0.05) is 18.3 Å². The van der Waals surface area contributed by atoms with E-state index in [9.17, 15) is 14.0 Å². The van der Waals surface area contributed by atoms with E-state index in [1.165, 1.54) is 17.8 Å². The van der Waals surface area contributed by atoms with Gasteiger partial charge in [-0.05, 0) is 37.4 Å². The minimum atomic E-state index is -0.513. The van der Waals surface area contributed by atoms with Crippen LogP contribution in [0.2, 0.25) is 0 Å². The Morgan fingerprint density at radius 3 is 2.84 bits per heavy atom. The normalized spacial score (nSPS) is 26.3. The highest BCUT2D eigenvalue weighted by Crippen LogP contribution is 2.23. The number of hydrogen-bond acceptors (Lipinski definition) is 4. The summed E-state index contributed by atoms with van der Waals surface area (Å²) < 4.78 is 13.7. The summed E-state index contributed by atoms with van der Waals surface area (Å²) in [7, 11) is 0. The first-order valence-corrected chi connectivity index (χ1v) is 9.35. The highest BCUT2D eigenvalue weighted by Gasteiger charge is 2.33. The predicted octanol–water partition coefficient (Wildman–Crippen LogP) is 1.26. The minimum absolute atomic E-state index is 0. The predicted molar refractivity (Wildman–Crippen MR) is 99.6 cm³/mol. The van der Waals surface area contributed by atoms with Crippen LogP contribution in [0.5, 0.6) is 0 Å². The van der Waals surface area contributed by atoms with Crippen LogP contribution in [0.4, 0.5) is 4.39 Å². The summed E-state index contributed by atoms with van der Waals surface area (Å²) >= 11 is 1.42. The largest absolute Gasteiger partial charge is 0.350 e. The van der Waals surface area contributed by atoms with Gasteiger partial charge in [0.05, 0.1) is 5.25 Å². The summed E-state index contributed by atoms with van der Waals surface area (Å²) in [6, 6.07) is 6.10. The van der Waals surface area contributed by atoms with Crippen molar-refractivity contribution in [3.05, 3.63) is 35.6 Å². The fourth-order valence-corrected chi connectivity index (χ4v) is 4.20. The Hall–Kier alpha value is -1.31. The van der Waals surface area contributed by atoms with Gasteiger partial charge >= 0.3 is 0 Å². The number of rotatable bonds is 4. The van der Waals surface area contributed by atoms with Crippen LogP contribution < -0.4 is 16.0 Å². The fourth-order valence-electron chi connectivity index (χ4n) is 3.03. The summed E-state index contributed by atoms with van der Waals surface area (Å²) in [5, 5.41) is 8.66. The molecule has 2 saturated heterocycles. The third-order valence-corrected chi connectivity index (χ3v) is 5.70. The average Bonchev–Trinajstić information content (AvgIpc) is 2.59. The molecule has 0 spiro atoms. The molecule has 138 valence electrons. The van der Waals surface area contributed by atoms with E-state index in [0.29, 0.717) is 17.7 Å². The maximum atomic E-state index is 13.7. The number of piperidine rings is 1. The Morgan fingerprint density at radius 1 is 1.36 bits per heavy atom. The second kappa shape index (κ2) is 9.40. The van der Waals surface area contributed by atoms with Gasteiger partial charge in [-0.3, -0.25) is 9.59 Å². The average molecular weight is 388 g/mol. The number of carbonyl (C=O) groups excluding carboxylic acids is 2. The van der Waals surface area contributed by atoms with Crippen LogP contribution in [-0.2, 0) is 16.0 Å². The quantitative estimate of drug-likeness (QED) is 0.727. The first kappa shape index (κ1) is 20.0. The molecule has 0 aromatic heterocycles. The van der Waals surface area contributed by atoms with E-state index in [1.54, 1.807) is 18.2 Å². The van der Waals surface area contributed by atoms with E-state index in [1.807, 2.05) is 0 Å². The van der Waals surface area contributed by atoms with Gasteiger partial charge in [-0.25, -0.2) is 4.39 Å². The molecule has 2 fully saturated rings. The molecular formula is C17H23ClFN3O2S. The first-order valence-electron chi connectivity index (χ1n) is 8.30. The fraction of sp³-hybridized carbons (Fsp3) is 0.529. The molecule has 2 heterocycles. The Bertz CT molecular complexity index is 613. The Labute approximate surface area is 157 Å². The molecule has 1 aromatic carbocycles. The minimum Gasteiger partial charge on any atom is -0.350 e. The zero-order valence-corrected chi connectivity index (χ0v) is 15.4. The van der Waals surface area contributed by atoms with Gasteiger partial charge in [0.1, 0.15) is 11.9 Å². The second-order valence-electron chi connectivity index (χ2n) is 6.23. The lowest BCUT2D eigenvalue weighted by Gasteiger charge is -2.30. The van der Waals surface area contributed by atoms with Crippen molar-refractivity contribution >= 4 is 36.0 Å². The van der Waals surface area contributed by atoms with E-state index >= 15 is 0 Å². The van der Waals surface area contributed by atoms with Crippen molar-refractivity contribution in [1.29, 1.82) is 0 Å². The zero-order chi connectivity index (χ0) is 16.9. The molecule has 3 N–H and O–H groups in total. The van der Waals surface area contributed by atoms with Gasteiger partial charge in [-0.2, -0.15) is 0 Å². The molecule has 2 aliphatic rings. The lowest BCUT2D eigenvalue weighted by molar-refractivity contribution is -0.129. The van der Waals surface area contributed by atoms with Crippen molar-refractivity contribution in [2.24, 2.45) is 0 Å². The highest BCUT2D eigenvalue weighted by atomic mass is 35.5. The second-order valence-corrected chi connectivity index (χ2v) is 7.47. The monoisotopic (exact) mass is 387 g/mol. The maximum Gasteiger partial charge on any atom is 0.243 e. The molecule has 0 radical (unpaired) electrons. The molecule has 2 amide bonds. The van der Waals surface area contributed by atoms with Crippen LogP contribution in [0, 0.1) is 5.82 Å². The molecule has 2 unspecified atom stereocenters. The van der Waals surface area contributed by atoms with Gasteiger partial charge in [-0.1, -0.05) is 18.2 Å².